The van der Waals surface area contributed by atoms with E-state index >= 15 is 0 Å². The molecule has 16 heavy (non-hydrogen) atoms. The highest BCUT2D eigenvalue weighted by molar-refractivity contribution is 9.10. The van der Waals surface area contributed by atoms with Crippen LogP contribution < -0.4 is 5.32 Å². The highest BCUT2D eigenvalue weighted by Gasteiger charge is 2.27. The number of rotatable bonds is 2. The van der Waals surface area contributed by atoms with Crippen molar-refractivity contribution >= 4 is 27.5 Å². The van der Waals surface area contributed by atoms with Crippen LogP contribution in [0.25, 0.3) is 0 Å². The number of amides is 1. The summed E-state index contributed by atoms with van der Waals surface area (Å²) in [7, 11) is 2.00. The molecule has 0 aromatic heterocycles. The Bertz CT molecular complexity index is 394. The Morgan fingerprint density at radius 3 is 3.00 bits per heavy atom. The van der Waals surface area contributed by atoms with Gasteiger partial charge in [-0.1, -0.05) is 22.0 Å². The maximum atomic E-state index is 12.0. The smallest absolute Gasteiger partial charge is 0.241 e. The van der Waals surface area contributed by atoms with Crippen LogP contribution in [-0.2, 0) is 4.79 Å². The van der Waals surface area contributed by atoms with Crippen LogP contribution in [0.2, 0.25) is 0 Å². The Balaban J connectivity index is 2.02. The summed E-state index contributed by atoms with van der Waals surface area (Å²) in [5, 5.41) is 2.94. The van der Waals surface area contributed by atoms with Crippen LogP contribution in [-0.4, -0.2) is 30.4 Å². The van der Waals surface area contributed by atoms with E-state index in [0.717, 1.165) is 29.5 Å². The molecule has 1 amide bonds. The monoisotopic (exact) mass is 282 g/mol. The molecule has 86 valence electrons. The van der Waals surface area contributed by atoms with Crippen LogP contribution >= 0.6 is 15.9 Å². The molecule has 0 radical (unpaired) electrons. The Kier molecular flexibility index (Phi) is 3.61. The number of hydrogen-bond acceptors (Lipinski definition) is 2. The van der Waals surface area contributed by atoms with Crippen molar-refractivity contribution in [3.8, 4) is 0 Å². The molecule has 3 nitrogen and oxygen atoms in total. The lowest BCUT2D eigenvalue weighted by Crippen LogP contribution is -2.37. The van der Waals surface area contributed by atoms with Gasteiger partial charge in [0.2, 0.25) is 5.91 Å². The summed E-state index contributed by atoms with van der Waals surface area (Å²) in [5.74, 6) is 0.0955. The highest BCUT2D eigenvalue weighted by atomic mass is 79.9. The van der Waals surface area contributed by atoms with Crippen LogP contribution in [0.4, 0.5) is 5.69 Å². The highest BCUT2D eigenvalue weighted by Crippen LogP contribution is 2.19. The molecule has 1 aromatic rings. The molecule has 1 heterocycles. The van der Waals surface area contributed by atoms with E-state index in [0.29, 0.717) is 0 Å². The second-order valence-corrected chi connectivity index (χ2v) is 5.05. The SMILES string of the molecule is CN1CCCC1C(=O)Nc1cccc(Br)c1. The third-order valence-corrected chi connectivity index (χ3v) is 3.41. The Morgan fingerprint density at radius 2 is 2.38 bits per heavy atom. The lowest BCUT2D eigenvalue weighted by atomic mass is 10.2. The van der Waals surface area contributed by atoms with Gasteiger partial charge in [-0.3, -0.25) is 9.69 Å². The molecule has 1 aliphatic heterocycles. The normalized spacial score (nSPS) is 21.0. The van der Waals surface area contributed by atoms with Crippen molar-refractivity contribution in [2.24, 2.45) is 0 Å². The first-order valence-corrected chi connectivity index (χ1v) is 6.23. The van der Waals surface area contributed by atoms with E-state index in [2.05, 4.69) is 26.1 Å². The molecule has 2 rings (SSSR count). The van der Waals surface area contributed by atoms with Crippen molar-refractivity contribution in [1.82, 2.24) is 4.90 Å². The van der Waals surface area contributed by atoms with Crippen LogP contribution in [0, 0.1) is 0 Å². The average Bonchev–Trinajstić information content (AvgIpc) is 2.64. The fourth-order valence-corrected chi connectivity index (χ4v) is 2.43. The van der Waals surface area contributed by atoms with Crippen LogP contribution in [0.3, 0.4) is 0 Å². The van der Waals surface area contributed by atoms with Gasteiger partial charge >= 0.3 is 0 Å². The van der Waals surface area contributed by atoms with Gasteiger partial charge in [0.1, 0.15) is 0 Å². The Hall–Kier alpha value is -0.870. The predicted molar refractivity (Wildman–Crippen MR) is 68.4 cm³/mol. The lowest BCUT2D eigenvalue weighted by molar-refractivity contribution is -0.119. The van der Waals surface area contributed by atoms with Crippen LogP contribution in [0.1, 0.15) is 12.8 Å². The molecule has 1 aromatic carbocycles. The number of nitrogens with zero attached hydrogens (tertiary/aromatic N) is 1. The molecule has 1 saturated heterocycles. The van der Waals surface area contributed by atoms with Crippen LogP contribution in [0.15, 0.2) is 28.7 Å². The number of anilines is 1. The van der Waals surface area contributed by atoms with Gasteiger partial charge in [0.05, 0.1) is 6.04 Å². The molecular weight excluding hydrogens is 268 g/mol. The van der Waals surface area contributed by atoms with Gasteiger partial charge in [0.15, 0.2) is 0 Å². The quantitative estimate of drug-likeness (QED) is 0.904. The topological polar surface area (TPSA) is 32.3 Å². The van der Waals surface area contributed by atoms with Crippen molar-refractivity contribution in [3.63, 3.8) is 0 Å². The number of likely N-dealkylation sites (N-methyl/N-ethyl adjacent to an activating group) is 1. The summed E-state index contributed by atoms with van der Waals surface area (Å²) in [6.07, 6.45) is 2.06. The van der Waals surface area contributed by atoms with E-state index < -0.39 is 0 Å². The zero-order valence-electron chi connectivity index (χ0n) is 9.24. The number of carbonyl (C=O) groups is 1. The first kappa shape index (κ1) is 11.6. The maximum absolute atomic E-state index is 12.0. The molecule has 0 aliphatic carbocycles. The Labute approximate surface area is 104 Å². The minimum absolute atomic E-state index is 0.0268. The lowest BCUT2D eigenvalue weighted by Gasteiger charge is -2.18. The van der Waals surface area contributed by atoms with E-state index in [1.54, 1.807) is 0 Å². The zero-order chi connectivity index (χ0) is 11.5. The molecule has 1 N–H and O–H groups in total. The predicted octanol–water partition coefficient (Wildman–Crippen LogP) is 2.48. The summed E-state index contributed by atoms with van der Waals surface area (Å²) < 4.78 is 0.977. The molecule has 0 bridgehead atoms. The second kappa shape index (κ2) is 4.97. The van der Waals surface area contributed by atoms with E-state index in [1.807, 2.05) is 31.3 Å². The van der Waals surface area contributed by atoms with E-state index in [9.17, 15) is 4.79 Å². The first-order chi connectivity index (χ1) is 7.66. The van der Waals surface area contributed by atoms with E-state index in [1.165, 1.54) is 0 Å². The van der Waals surface area contributed by atoms with Crippen molar-refractivity contribution in [1.29, 1.82) is 0 Å². The molecule has 0 spiro atoms. The third-order valence-electron chi connectivity index (χ3n) is 2.92. The van der Waals surface area contributed by atoms with Gasteiger partial charge in [0, 0.05) is 10.2 Å². The zero-order valence-corrected chi connectivity index (χ0v) is 10.8. The minimum Gasteiger partial charge on any atom is -0.325 e. The summed E-state index contributed by atoms with van der Waals surface area (Å²) in [5.41, 5.74) is 0.847. The van der Waals surface area contributed by atoms with Gasteiger partial charge in [0.25, 0.3) is 0 Å². The molecule has 0 saturated carbocycles. The third kappa shape index (κ3) is 2.62. The van der Waals surface area contributed by atoms with Gasteiger partial charge < -0.3 is 5.32 Å². The van der Waals surface area contributed by atoms with Crippen molar-refractivity contribution < 1.29 is 4.79 Å². The molecule has 1 aliphatic rings. The largest absolute Gasteiger partial charge is 0.325 e. The molecule has 4 heteroatoms. The van der Waals surface area contributed by atoms with Gasteiger partial charge in [-0.05, 0) is 44.6 Å². The molecule has 1 atom stereocenters. The molecule has 1 unspecified atom stereocenters. The maximum Gasteiger partial charge on any atom is 0.241 e. The average molecular weight is 283 g/mol. The Morgan fingerprint density at radius 1 is 1.56 bits per heavy atom. The summed E-state index contributed by atoms with van der Waals surface area (Å²) in [6.45, 7) is 1.01. The number of hydrogen-bond donors (Lipinski definition) is 1. The van der Waals surface area contributed by atoms with Crippen molar-refractivity contribution in [2.45, 2.75) is 18.9 Å². The van der Waals surface area contributed by atoms with Gasteiger partial charge in [-0.2, -0.15) is 0 Å². The number of benzene rings is 1. The fraction of sp³-hybridized carbons (Fsp3) is 0.417. The number of halogens is 1. The molecule has 1 fully saturated rings. The number of carbonyl (C=O) groups excluding carboxylic acids is 1. The van der Waals surface area contributed by atoms with Crippen LogP contribution in [0.5, 0.6) is 0 Å². The number of likely N-dealkylation sites (tertiary alicyclic amines) is 1. The van der Waals surface area contributed by atoms with Gasteiger partial charge in [-0.25, -0.2) is 0 Å². The number of nitrogens with one attached hydrogen (secondary N) is 1. The van der Waals surface area contributed by atoms with E-state index in [4.69, 9.17) is 0 Å². The summed E-state index contributed by atoms with van der Waals surface area (Å²) in [4.78, 5) is 14.1. The van der Waals surface area contributed by atoms with Crippen molar-refractivity contribution in [3.05, 3.63) is 28.7 Å². The molecular formula is C12H15BrN2O. The van der Waals surface area contributed by atoms with E-state index in [-0.39, 0.29) is 11.9 Å². The standard InChI is InChI=1S/C12H15BrN2O/c1-15-7-3-6-11(15)12(16)14-10-5-2-4-9(13)8-10/h2,4-5,8,11H,3,6-7H2,1H3,(H,14,16). The summed E-state index contributed by atoms with van der Waals surface area (Å²) in [6, 6.07) is 7.69. The fourth-order valence-electron chi connectivity index (χ4n) is 2.03. The minimum atomic E-state index is 0.0268. The first-order valence-electron chi connectivity index (χ1n) is 5.43. The summed E-state index contributed by atoms with van der Waals surface area (Å²) >= 11 is 3.39. The second-order valence-electron chi connectivity index (χ2n) is 4.14. The van der Waals surface area contributed by atoms with Gasteiger partial charge in [-0.15, -0.1) is 0 Å². The van der Waals surface area contributed by atoms with Crippen molar-refractivity contribution in [2.75, 3.05) is 18.9 Å².